The number of amides is 1. The van der Waals surface area contributed by atoms with E-state index in [1.54, 1.807) is 26.1 Å². The van der Waals surface area contributed by atoms with E-state index in [2.05, 4.69) is 5.32 Å². The molecule has 1 amide bonds. The average Bonchev–Trinajstić information content (AvgIpc) is 2.29. The molecule has 88 valence electrons. The highest BCUT2D eigenvalue weighted by molar-refractivity contribution is 5.75. The predicted octanol–water partition coefficient (Wildman–Crippen LogP) is 1.25. The summed E-state index contributed by atoms with van der Waals surface area (Å²) in [7, 11) is 1.59. The second-order valence-electron chi connectivity index (χ2n) is 3.49. The van der Waals surface area contributed by atoms with E-state index in [4.69, 9.17) is 4.74 Å². The zero-order valence-electron chi connectivity index (χ0n) is 9.56. The molecule has 1 rings (SSSR count). The first-order chi connectivity index (χ1) is 7.65. The van der Waals surface area contributed by atoms with Gasteiger partial charge in [-0.1, -0.05) is 18.2 Å². The number of nitrogens with one attached hydrogen (secondary N) is 1. The molecule has 16 heavy (non-hydrogen) atoms. The van der Waals surface area contributed by atoms with E-state index >= 15 is 0 Å². The van der Waals surface area contributed by atoms with E-state index in [1.807, 2.05) is 12.1 Å². The Hall–Kier alpha value is -1.55. The van der Waals surface area contributed by atoms with E-state index in [1.165, 1.54) is 0 Å². The number of carbonyl (C=O) groups excluding carboxylic acids is 1. The van der Waals surface area contributed by atoms with Gasteiger partial charge in [-0.05, 0) is 13.0 Å². The molecule has 0 saturated heterocycles. The summed E-state index contributed by atoms with van der Waals surface area (Å²) in [5.74, 6) is 0.566. The minimum atomic E-state index is -0.573. The van der Waals surface area contributed by atoms with E-state index in [0.29, 0.717) is 18.8 Å². The summed E-state index contributed by atoms with van der Waals surface area (Å²) < 4.78 is 5.45. The molecule has 0 radical (unpaired) electrons. The van der Waals surface area contributed by atoms with Crippen LogP contribution >= 0.6 is 0 Å². The SMILES string of the molecule is CNC(=O)CCOc1ccccc1[C@@H](C)O. The largest absolute Gasteiger partial charge is 0.493 e. The van der Waals surface area contributed by atoms with Gasteiger partial charge >= 0.3 is 0 Å². The standard InChI is InChI=1S/C12H17NO3/c1-9(14)10-5-3-4-6-11(10)16-8-7-12(15)13-2/h3-6,9,14H,7-8H2,1-2H3,(H,13,15)/t9-/m1/s1. The van der Waals surface area contributed by atoms with Crippen molar-refractivity contribution in [3.05, 3.63) is 29.8 Å². The van der Waals surface area contributed by atoms with Gasteiger partial charge in [-0.25, -0.2) is 0 Å². The van der Waals surface area contributed by atoms with Gasteiger partial charge in [-0.15, -0.1) is 0 Å². The zero-order chi connectivity index (χ0) is 12.0. The molecule has 0 aliphatic rings. The van der Waals surface area contributed by atoms with Crippen LogP contribution in [0, 0.1) is 0 Å². The molecule has 4 heteroatoms. The van der Waals surface area contributed by atoms with Crippen molar-refractivity contribution in [2.24, 2.45) is 0 Å². The second kappa shape index (κ2) is 6.12. The minimum Gasteiger partial charge on any atom is -0.493 e. The number of ether oxygens (including phenoxy) is 1. The normalized spacial score (nSPS) is 11.9. The van der Waals surface area contributed by atoms with Crippen LogP contribution in [0.25, 0.3) is 0 Å². The minimum absolute atomic E-state index is 0.0606. The van der Waals surface area contributed by atoms with E-state index in [-0.39, 0.29) is 5.91 Å². The summed E-state index contributed by atoms with van der Waals surface area (Å²) in [5.41, 5.74) is 0.736. The van der Waals surface area contributed by atoms with Crippen molar-refractivity contribution in [2.45, 2.75) is 19.4 Å². The summed E-state index contributed by atoms with van der Waals surface area (Å²) in [6.45, 7) is 1.99. The average molecular weight is 223 g/mol. The molecular weight excluding hydrogens is 206 g/mol. The molecule has 0 bridgehead atoms. The molecule has 0 spiro atoms. The summed E-state index contributed by atoms with van der Waals surface area (Å²) in [5, 5.41) is 12.0. The van der Waals surface area contributed by atoms with Crippen molar-refractivity contribution in [1.82, 2.24) is 5.32 Å². The van der Waals surface area contributed by atoms with Gasteiger partial charge in [0.1, 0.15) is 5.75 Å². The van der Waals surface area contributed by atoms with Crippen LogP contribution in [0.5, 0.6) is 5.75 Å². The van der Waals surface area contributed by atoms with Gasteiger partial charge in [0, 0.05) is 12.6 Å². The summed E-state index contributed by atoms with van der Waals surface area (Å²) in [4.78, 5) is 11.0. The number of rotatable bonds is 5. The van der Waals surface area contributed by atoms with Crippen molar-refractivity contribution >= 4 is 5.91 Å². The Bertz CT molecular complexity index is 350. The van der Waals surface area contributed by atoms with Crippen molar-refractivity contribution < 1.29 is 14.6 Å². The van der Waals surface area contributed by atoms with Crippen LogP contribution < -0.4 is 10.1 Å². The molecule has 0 aliphatic heterocycles. The number of aliphatic hydroxyl groups excluding tert-OH is 1. The van der Waals surface area contributed by atoms with Gasteiger partial charge in [0.25, 0.3) is 0 Å². The maximum atomic E-state index is 11.0. The lowest BCUT2D eigenvalue weighted by Crippen LogP contribution is -2.20. The Labute approximate surface area is 95.2 Å². The number of para-hydroxylation sites is 1. The molecule has 2 N–H and O–H groups in total. The maximum Gasteiger partial charge on any atom is 0.223 e. The third-order valence-electron chi connectivity index (χ3n) is 2.23. The second-order valence-corrected chi connectivity index (χ2v) is 3.49. The fourth-order valence-electron chi connectivity index (χ4n) is 1.34. The van der Waals surface area contributed by atoms with Crippen LogP contribution in [-0.2, 0) is 4.79 Å². The summed E-state index contributed by atoms with van der Waals surface area (Å²) in [6.07, 6.45) is -0.263. The molecule has 0 heterocycles. The lowest BCUT2D eigenvalue weighted by atomic mass is 10.1. The fraction of sp³-hybridized carbons (Fsp3) is 0.417. The molecule has 1 aromatic carbocycles. The van der Waals surface area contributed by atoms with Crippen LogP contribution in [0.3, 0.4) is 0 Å². The highest BCUT2D eigenvalue weighted by Gasteiger charge is 2.08. The molecule has 0 fully saturated rings. The Kier molecular flexibility index (Phi) is 4.79. The molecular formula is C12H17NO3. The van der Waals surface area contributed by atoms with Gasteiger partial charge in [0.15, 0.2) is 0 Å². The third kappa shape index (κ3) is 3.55. The molecule has 0 aliphatic carbocycles. The van der Waals surface area contributed by atoms with Gasteiger partial charge in [0.2, 0.25) is 5.91 Å². The van der Waals surface area contributed by atoms with Gasteiger partial charge in [-0.3, -0.25) is 4.79 Å². The third-order valence-corrected chi connectivity index (χ3v) is 2.23. The predicted molar refractivity (Wildman–Crippen MR) is 61.3 cm³/mol. The Morgan fingerprint density at radius 3 is 2.81 bits per heavy atom. The molecule has 0 unspecified atom stereocenters. The monoisotopic (exact) mass is 223 g/mol. The Morgan fingerprint density at radius 1 is 1.50 bits per heavy atom. The number of aliphatic hydroxyl groups is 1. The van der Waals surface area contributed by atoms with Crippen molar-refractivity contribution in [3.8, 4) is 5.75 Å². The van der Waals surface area contributed by atoms with E-state index in [0.717, 1.165) is 5.56 Å². The quantitative estimate of drug-likeness (QED) is 0.790. The van der Waals surface area contributed by atoms with Crippen LogP contribution in [0.15, 0.2) is 24.3 Å². The summed E-state index contributed by atoms with van der Waals surface area (Å²) >= 11 is 0. The molecule has 1 aromatic rings. The van der Waals surface area contributed by atoms with Crippen LogP contribution in [-0.4, -0.2) is 24.7 Å². The van der Waals surface area contributed by atoms with Crippen molar-refractivity contribution in [1.29, 1.82) is 0 Å². The van der Waals surface area contributed by atoms with Gasteiger partial charge < -0.3 is 15.2 Å². The van der Waals surface area contributed by atoms with Crippen molar-refractivity contribution in [2.75, 3.05) is 13.7 Å². The van der Waals surface area contributed by atoms with Crippen molar-refractivity contribution in [3.63, 3.8) is 0 Å². The molecule has 1 atom stereocenters. The molecule has 0 aromatic heterocycles. The van der Waals surface area contributed by atoms with Crippen LogP contribution in [0.2, 0.25) is 0 Å². The lowest BCUT2D eigenvalue weighted by molar-refractivity contribution is -0.121. The first-order valence-corrected chi connectivity index (χ1v) is 5.25. The number of hydrogen-bond acceptors (Lipinski definition) is 3. The molecule has 4 nitrogen and oxygen atoms in total. The smallest absolute Gasteiger partial charge is 0.223 e. The Morgan fingerprint density at radius 2 is 2.19 bits per heavy atom. The zero-order valence-corrected chi connectivity index (χ0v) is 9.56. The highest BCUT2D eigenvalue weighted by Crippen LogP contribution is 2.24. The number of benzene rings is 1. The first-order valence-electron chi connectivity index (χ1n) is 5.25. The number of hydrogen-bond donors (Lipinski definition) is 2. The summed E-state index contributed by atoms with van der Waals surface area (Å²) in [6, 6.07) is 7.26. The fourth-order valence-corrected chi connectivity index (χ4v) is 1.34. The first kappa shape index (κ1) is 12.5. The van der Waals surface area contributed by atoms with Gasteiger partial charge in [-0.2, -0.15) is 0 Å². The van der Waals surface area contributed by atoms with E-state index < -0.39 is 6.10 Å². The van der Waals surface area contributed by atoms with E-state index in [9.17, 15) is 9.90 Å². The maximum absolute atomic E-state index is 11.0. The highest BCUT2D eigenvalue weighted by atomic mass is 16.5. The van der Waals surface area contributed by atoms with Gasteiger partial charge in [0.05, 0.1) is 19.1 Å². The van der Waals surface area contributed by atoms with Crippen LogP contribution in [0.1, 0.15) is 25.0 Å². The number of carbonyl (C=O) groups is 1. The Balaban J connectivity index is 2.56. The topological polar surface area (TPSA) is 58.6 Å². The lowest BCUT2D eigenvalue weighted by Gasteiger charge is -2.12. The van der Waals surface area contributed by atoms with Crippen LogP contribution in [0.4, 0.5) is 0 Å². The molecule has 0 saturated carbocycles.